The van der Waals surface area contributed by atoms with Gasteiger partial charge in [0.15, 0.2) is 0 Å². The smallest absolute Gasteiger partial charge is 0.0875 e. The van der Waals surface area contributed by atoms with E-state index in [-0.39, 0.29) is 0 Å². The zero-order valence-electron chi connectivity index (χ0n) is 6.28. The Morgan fingerprint density at radius 1 is 1.55 bits per heavy atom. The van der Waals surface area contributed by atoms with Crippen LogP contribution in [-0.4, -0.2) is 9.66 Å². The lowest BCUT2D eigenvalue weighted by molar-refractivity contribution is 1.05. The lowest BCUT2D eigenvalue weighted by Gasteiger charge is -1.92. The van der Waals surface area contributed by atoms with Crippen molar-refractivity contribution in [2.24, 2.45) is 0 Å². The van der Waals surface area contributed by atoms with Gasteiger partial charge in [0.2, 0.25) is 0 Å². The van der Waals surface area contributed by atoms with E-state index < -0.39 is 0 Å². The molecule has 56 valence electrons. The van der Waals surface area contributed by atoms with Gasteiger partial charge in [-0.15, -0.1) is 0 Å². The highest BCUT2D eigenvalue weighted by atomic mass is 15.3. The summed E-state index contributed by atoms with van der Waals surface area (Å²) in [6, 6.07) is 1.97. The molecule has 3 nitrogen and oxygen atoms in total. The highest BCUT2D eigenvalue weighted by molar-refractivity contribution is 5.82. The fourth-order valence-corrected chi connectivity index (χ4v) is 1.27. The van der Waals surface area contributed by atoms with Crippen molar-refractivity contribution in [2.45, 2.75) is 6.92 Å². The van der Waals surface area contributed by atoms with Crippen LogP contribution in [0, 0.1) is 6.92 Å². The molecule has 0 fully saturated rings. The summed E-state index contributed by atoms with van der Waals surface area (Å²) in [7, 11) is 0. The van der Waals surface area contributed by atoms with Crippen LogP contribution < -0.4 is 5.84 Å². The molecule has 0 aliphatic carbocycles. The van der Waals surface area contributed by atoms with Gasteiger partial charge in [0, 0.05) is 17.8 Å². The van der Waals surface area contributed by atoms with Gasteiger partial charge in [0.1, 0.15) is 0 Å². The third-order valence-corrected chi connectivity index (χ3v) is 1.84. The fourth-order valence-electron chi connectivity index (χ4n) is 1.27. The molecule has 0 amide bonds. The standard InChI is InChI=1S/C8H9N3/c1-6-5-11(9)8-4-10-3-2-7(6)8/h2-5H,9H2,1H3. The first-order chi connectivity index (χ1) is 5.29. The Labute approximate surface area is 64.4 Å². The predicted octanol–water partition coefficient (Wildman–Crippen LogP) is 1.06. The topological polar surface area (TPSA) is 43.8 Å². The minimum Gasteiger partial charge on any atom is -0.339 e. The van der Waals surface area contributed by atoms with Gasteiger partial charge in [-0.1, -0.05) is 0 Å². The number of nitrogens with zero attached hydrogens (tertiary/aromatic N) is 2. The highest BCUT2D eigenvalue weighted by Gasteiger charge is 2.00. The van der Waals surface area contributed by atoms with Gasteiger partial charge in [-0.25, -0.2) is 0 Å². The molecule has 2 heterocycles. The summed E-state index contributed by atoms with van der Waals surface area (Å²) in [5.41, 5.74) is 2.16. The second-order valence-electron chi connectivity index (χ2n) is 2.61. The van der Waals surface area contributed by atoms with Crippen molar-refractivity contribution < 1.29 is 0 Å². The maximum absolute atomic E-state index is 5.65. The van der Waals surface area contributed by atoms with Crippen LogP contribution in [0.1, 0.15) is 5.56 Å². The number of fused-ring (bicyclic) bond motifs is 1. The van der Waals surface area contributed by atoms with Crippen molar-refractivity contribution in [2.75, 3.05) is 5.84 Å². The largest absolute Gasteiger partial charge is 0.339 e. The molecule has 0 unspecified atom stereocenters. The Morgan fingerprint density at radius 3 is 3.09 bits per heavy atom. The van der Waals surface area contributed by atoms with Gasteiger partial charge in [-0.2, -0.15) is 0 Å². The molecular formula is C8H9N3. The maximum Gasteiger partial charge on any atom is 0.0875 e. The molecule has 2 rings (SSSR count). The quantitative estimate of drug-likeness (QED) is 0.566. The molecule has 3 heteroatoms. The molecule has 0 aromatic carbocycles. The average molecular weight is 147 g/mol. The van der Waals surface area contributed by atoms with E-state index in [1.807, 2.05) is 19.2 Å². The van der Waals surface area contributed by atoms with Crippen LogP contribution in [-0.2, 0) is 0 Å². The molecule has 2 N–H and O–H groups in total. The van der Waals surface area contributed by atoms with Crippen molar-refractivity contribution >= 4 is 10.9 Å². The normalized spacial score (nSPS) is 10.6. The van der Waals surface area contributed by atoms with Crippen LogP contribution in [0.25, 0.3) is 10.9 Å². The van der Waals surface area contributed by atoms with E-state index in [0.717, 1.165) is 5.52 Å². The summed E-state index contributed by atoms with van der Waals surface area (Å²) < 4.78 is 1.59. The SMILES string of the molecule is Cc1cn(N)c2cnccc12. The monoisotopic (exact) mass is 147 g/mol. The third kappa shape index (κ3) is 0.774. The molecule has 0 bridgehead atoms. The van der Waals surface area contributed by atoms with Gasteiger partial charge in [-0.05, 0) is 18.6 Å². The summed E-state index contributed by atoms with van der Waals surface area (Å²) in [5, 5.41) is 1.17. The Kier molecular flexibility index (Phi) is 1.12. The highest BCUT2D eigenvalue weighted by Crippen LogP contribution is 2.16. The third-order valence-electron chi connectivity index (χ3n) is 1.84. The van der Waals surface area contributed by atoms with Crippen molar-refractivity contribution in [3.05, 3.63) is 30.2 Å². The predicted molar refractivity (Wildman–Crippen MR) is 44.6 cm³/mol. The Morgan fingerprint density at radius 2 is 2.36 bits per heavy atom. The maximum atomic E-state index is 5.65. The average Bonchev–Trinajstić information content (AvgIpc) is 2.30. The van der Waals surface area contributed by atoms with E-state index in [1.165, 1.54) is 10.9 Å². The number of hydrogen-bond donors (Lipinski definition) is 1. The molecule has 2 aromatic heterocycles. The van der Waals surface area contributed by atoms with Crippen LogP contribution in [0.4, 0.5) is 0 Å². The Balaban J connectivity index is 2.95. The minimum atomic E-state index is 0.977. The van der Waals surface area contributed by atoms with Crippen LogP contribution >= 0.6 is 0 Å². The zero-order valence-corrected chi connectivity index (χ0v) is 6.28. The van der Waals surface area contributed by atoms with Crippen LogP contribution in [0.2, 0.25) is 0 Å². The van der Waals surface area contributed by atoms with E-state index in [2.05, 4.69) is 4.98 Å². The molecule has 11 heavy (non-hydrogen) atoms. The summed E-state index contributed by atoms with van der Waals surface area (Å²) in [5.74, 6) is 5.65. The molecular weight excluding hydrogens is 138 g/mol. The molecule has 0 saturated heterocycles. The Bertz CT molecular complexity index is 353. The van der Waals surface area contributed by atoms with E-state index in [0.29, 0.717) is 0 Å². The number of nitrogens with two attached hydrogens (primary N) is 1. The van der Waals surface area contributed by atoms with Crippen LogP contribution in [0.15, 0.2) is 24.7 Å². The minimum absolute atomic E-state index is 0.977. The molecule has 0 spiro atoms. The van der Waals surface area contributed by atoms with Crippen molar-refractivity contribution in [3.63, 3.8) is 0 Å². The first kappa shape index (κ1) is 6.22. The van der Waals surface area contributed by atoms with Crippen molar-refractivity contribution in [1.29, 1.82) is 0 Å². The number of pyridine rings is 1. The summed E-state index contributed by atoms with van der Waals surface area (Å²) in [6.45, 7) is 2.03. The first-order valence-electron chi connectivity index (χ1n) is 3.46. The van der Waals surface area contributed by atoms with Gasteiger partial charge < -0.3 is 5.84 Å². The van der Waals surface area contributed by atoms with Crippen molar-refractivity contribution in [1.82, 2.24) is 9.66 Å². The summed E-state index contributed by atoms with van der Waals surface area (Å²) in [4.78, 5) is 3.99. The summed E-state index contributed by atoms with van der Waals surface area (Å²) in [6.07, 6.45) is 5.43. The number of nitrogen functional groups attached to an aromatic ring is 1. The number of aryl methyl sites for hydroxylation is 1. The lowest BCUT2D eigenvalue weighted by Crippen LogP contribution is -2.04. The van der Waals surface area contributed by atoms with Gasteiger partial charge >= 0.3 is 0 Å². The molecule has 0 aliphatic rings. The van der Waals surface area contributed by atoms with E-state index in [9.17, 15) is 0 Å². The molecule has 0 aliphatic heterocycles. The molecule has 0 radical (unpaired) electrons. The van der Waals surface area contributed by atoms with Crippen LogP contribution in [0.3, 0.4) is 0 Å². The van der Waals surface area contributed by atoms with E-state index >= 15 is 0 Å². The molecule has 0 atom stereocenters. The lowest BCUT2D eigenvalue weighted by atomic mass is 10.2. The molecule has 0 saturated carbocycles. The Hall–Kier alpha value is -1.51. The second-order valence-corrected chi connectivity index (χ2v) is 2.61. The number of rotatable bonds is 0. The van der Waals surface area contributed by atoms with E-state index in [1.54, 1.807) is 17.1 Å². The number of hydrogen-bond acceptors (Lipinski definition) is 2. The van der Waals surface area contributed by atoms with Crippen LogP contribution in [0.5, 0.6) is 0 Å². The van der Waals surface area contributed by atoms with Gasteiger partial charge in [-0.3, -0.25) is 9.66 Å². The number of aromatic nitrogens is 2. The van der Waals surface area contributed by atoms with E-state index in [4.69, 9.17) is 5.84 Å². The fraction of sp³-hybridized carbons (Fsp3) is 0.125. The zero-order chi connectivity index (χ0) is 7.84. The molecule has 2 aromatic rings. The van der Waals surface area contributed by atoms with Gasteiger partial charge in [0.05, 0.1) is 11.7 Å². The second kappa shape index (κ2) is 1.99. The first-order valence-corrected chi connectivity index (χ1v) is 3.46. The summed E-state index contributed by atoms with van der Waals surface area (Å²) >= 11 is 0. The van der Waals surface area contributed by atoms with Gasteiger partial charge in [0.25, 0.3) is 0 Å². The van der Waals surface area contributed by atoms with Crippen molar-refractivity contribution in [3.8, 4) is 0 Å².